The van der Waals surface area contributed by atoms with Crippen molar-refractivity contribution in [3.63, 3.8) is 0 Å². The number of aliphatic hydroxyl groups excluding tert-OH is 1. The Morgan fingerprint density at radius 3 is 1.24 bits per heavy atom. The maximum absolute atomic E-state index is 8.68. The van der Waals surface area contributed by atoms with Crippen LogP contribution in [0.4, 0.5) is 0 Å². The molecular formula is C14H34N2O. The largest absolute Gasteiger partial charge is 0.381 e. The van der Waals surface area contributed by atoms with Crippen LogP contribution in [0.15, 0.2) is 0 Å². The lowest BCUT2D eigenvalue weighted by Crippen LogP contribution is -2.43. The number of nitrogens with zero attached hydrogens (tertiary/aromatic N) is 1. The van der Waals surface area contributed by atoms with Gasteiger partial charge in [-0.25, -0.2) is 0 Å². The zero-order chi connectivity index (χ0) is 13.7. The first kappa shape index (κ1) is 19.2. The highest BCUT2D eigenvalue weighted by molar-refractivity contribution is 4.82. The van der Waals surface area contributed by atoms with Crippen LogP contribution in [0.3, 0.4) is 0 Å². The van der Waals surface area contributed by atoms with Crippen LogP contribution in [0.5, 0.6) is 0 Å². The smallest absolute Gasteiger partial charge is 0.0935 e. The van der Waals surface area contributed by atoms with E-state index in [1.165, 1.54) is 19.6 Å². The molecule has 0 amide bonds. The van der Waals surface area contributed by atoms with Crippen LogP contribution in [-0.4, -0.2) is 41.9 Å². The quantitative estimate of drug-likeness (QED) is 0.647. The molecule has 3 heteroatoms. The lowest BCUT2D eigenvalue weighted by molar-refractivity contribution is 0.177. The molecule has 3 nitrogen and oxygen atoms in total. The van der Waals surface area contributed by atoms with Gasteiger partial charge in [0.15, 0.2) is 0 Å². The minimum atomic E-state index is 0.0928. The summed E-state index contributed by atoms with van der Waals surface area (Å²) >= 11 is 0. The normalized spacial score (nSPS) is 11.3. The van der Waals surface area contributed by atoms with Gasteiger partial charge in [-0.3, -0.25) is 5.32 Å². The molecule has 0 atom stereocenters. The summed E-state index contributed by atoms with van der Waals surface area (Å²) in [6.45, 7) is 16.7. The minimum Gasteiger partial charge on any atom is -0.381 e. The number of aliphatic hydroxyl groups is 1. The number of rotatable bonds is 8. The molecule has 0 saturated heterocycles. The van der Waals surface area contributed by atoms with Crippen LogP contribution in [0.2, 0.25) is 0 Å². The van der Waals surface area contributed by atoms with Gasteiger partial charge in [0.05, 0.1) is 6.73 Å². The fourth-order valence-corrected chi connectivity index (χ4v) is 1.96. The van der Waals surface area contributed by atoms with Crippen molar-refractivity contribution in [1.82, 2.24) is 10.2 Å². The first-order valence-corrected chi connectivity index (χ1v) is 7.17. The average molecular weight is 246 g/mol. The molecule has 0 radical (unpaired) electrons. The Morgan fingerprint density at radius 2 is 1.18 bits per heavy atom. The summed E-state index contributed by atoms with van der Waals surface area (Å²) in [6.07, 6.45) is 3.25. The lowest BCUT2D eigenvalue weighted by Gasteiger charge is -2.30. The van der Waals surface area contributed by atoms with Crippen LogP contribution in [0, 0.1) is 0 Å². The van der Waals surface area contributed by atoms with E-state index in [9.17, 15) is 0 Å². The fourth-order valence-electron chi connectivity index (χ4n) is 1.96. The topological polar surface area (TPSA) is 35.5 Å². The monoisotopic (exact) mass is 246 g/mol. The Labute approximate surface area is 109 Å². The molecule has 0 bridgehead atoms. The SMILES string of the molecule is CCC(CC)(CC)NCO.CCN(CC)CC. The van der Waals surface area contributed by atoms with Crippen molar-refractivity contribution in [2.45, 2.75) is 66.3 Å². The third-order valence-electron chi connectivity index (χ3n) is 3.83. The molecule has 0 unspecified atom stereocenters. The van der Waals surface area contributed by atoms with Gasteiger partial charge in [-0.2, -0.15) is 0 Å². The van der Waals surface area contributed by atoms with Gasteiger partial charge >= 0.3 is 0 Å². The highest BCUT2D eigenvalue weighted by Gasteiger charge is 2.21. The van der Waals surface area contributed by atoms with Crippen molar-refractivity contribution in [2.24, 2.45) is 0 Å². The second-order valence-corrected chi connectivity index (χ2v) is 4.30. The molecule has 0 fully saturated rings. The summed E-state index contributed by atoms with van der Waals surface area (Å²) in [7, 11) is 0. The fraction of sp³-hybridized carbons (Fsp3) is 1.00. The molecule has 0 aliphatic heterocycles. The van der Waals surface area contributed by atoms with Gasteiger partial charge in [0.25, 0.3) is 0 Å². The second kappa shape index (κ2) is 12.3. The average Bonchev–Trinajstić information content (AvgIpc) is 2.39. The molecule has 2 N–H and O–H groups in total. The van der Waals surface area contributed by atoms with Crippen LogP contribution in [-0.2, 0) is 0 Å². The summed E-state index contributed by atoms with van der Waals surface area (Å²) in [5, 5.41) is 11.8. The third kappa shape index (κ3) is 8.58. The Morgan fingerprint density at radius 1 is 0.824 bits per heavy atom. The Bertz CT molecular complexity index is 129. The Kier molecular flexibility index (Phi) is 14.0. The maximum Gasteiger partial charge on any atom is 0.0935 e. The predicted octanol–water partition coefficient (Wildman–Crippen LogP) is 2.84. The standard InChI is InChI=1S/C8H19NO.C6H15N/c1-4-8(5-2,6-3)9-7-10;1-4-7(5-2)6-3/h9-10H,4-7H2,1-3H3;4-6H2,1-3H3. The first-order chi connectivity index (χ1) is 8.09. The molecule has 0 aromatic rings. The molecule has 0 aliphatic carbocycles. The van der Waals surface area contributed by atoms with Crippen LogP contribution in [0.25, 0.3) is 0 Å². The second-order valence-electron chi connectivity index (χ2n) is 4.30. The number of nitrogens with one attached hydrogen (secondary N) is 1. The van der Waals surface area contributed by atoms with E-state index in [4.69, 9.17) is 5.11 Å². The van der Waals surface area contributed by atoms with E-state index in [0.29, 0.717) is 0 Å². The van der Waals surface area contributed by atoms with E-state index in [-0.39, 0.29) is 12.3 Å². The summed E-state index contributed by atoms with van der Waals surface area (Å²) in [4.78, 5) is 2.38. The summed E-state index contributed by atoms with van der Waals surface area (Å²) < 4.78 is 0. The zero-order valence-corrected chi connectivity index (χ0v) is 12.8. The van der Waals surface area contributed by atoms with Gasteiger partial charge in [0, 0.05) is 5.54 Å². The molecule has 0 spiro atoms. The van der Waals surface area contributed by atoms with Crippen LogP contribution in [0.1, 0.15) is 60.8 Å². The minimum absolute atomic E-state index is 0.0928. The molecule has 0 heterocycles. The number of hydrogen-bond acceptors (Lipinski definition) is 3. The number of hydrogen-bond donors (Lipinski definition) is 2. The highest BCUT2D eigenvalue weighted by Crippen LogP contribution is 2.18. The Balaban J connectivity index is 0. The van der Waals surface area contributed by atoms with Gasteiger partial charge < -0.3 is 10.0 Å². The lowest BCUT2D eigenvalue weighted by atomic mass is 9.90. The van der Waals surface area contributed by atoms with Crippen LogP contribution >= 0.6 is 0 Å². The summed E-state index contributed by atoms with van der Waals surface area (Å²) in [5.41, 5.74) is 0.175. The van der Waals surface area contributed by atoms with Gasteiger partial charge in [-0.05, 0) is 38.9 Å². The summed E-state index contributed by atoms with van der Waals surface area (Å²) in [5.74, 6) is 0. The van der Waals surface area contributed by atoms with Crippen molar-refractivity contribution in [3.8, 4) is 0 Å². The van der Waals surface area contributed by atoms with Crippen molar-refractivity contribution >= 4 is 0 Å². The van der Waals surface area contributed by atoms with Crippen molar-refractivity contribution in [1.29, 1.82) is 0 Å². The molecule has 0 aliphatic rings. The van der Waals surface area contributed by atoms with E-state index < -0.39 is 0 Å². The molecule has 0 saturated carbocycles. The van der Waals surface area contributed by atoms with E-state index in [1.807, 2.05) is 0 Å². The highest BCUT2D eigenvalue weighted by atomic mass is 16.3. The van der Waals surface area contributed by atoms with E-state index in [0.717, 1.165) is 19.3 Å². The van der Waals surface area contributed by atoms with Gasteiger partial charge in [0.2, 0.25) is 0 Å². The van der Waals surface area contributed by atoms with Crippen molar-refractivity contribution < 1.29 is 5.11 Å². The van der Waals surface area contributed by atoms with Crippen molar-refractivity contribution in [3.05, 3.63) is 0 Å². The van der Waals surface area contributed by atoms with Gasteiger partial charge in [-0.15, -0.1) is 0 Å². The first-order valence-electron chi connectivity index (χ1n) is 7.17. The van der Waals surface area contributed by atoms with Crippen LogP contribution < -0.4 is 5.32 Å². The Hall–Kier alpha value is -0.120. The molecular weight excluding hydrogens is 212 g/mol. The van der Waals surface area contributed by atoms with Gasteiger partial charge in [-0.1, -0.05) is 41.5 Å². The molecule has 0 rings (SSSR count). The van der Waals surface area contributed by atoms with Crippen molar-refractivity contribution in [2.75, 3.05) is 26.4 Å². The van der Waals surface area contributed by atoms with E-state index in [2.05, 4.69) is 51.8 Å². The van der Waals surface area contributed by atoms with E-state index >= 15 is 0 Å². The van der Waals surface area contributed by atoms with E-state index in [1.54, 1.807) is 0 Å². The molecule has 17 heavy (non-hydrogen) atoms. The predicted molar refractivity (Wildman–Crippen MR) is 77.3 cm³/mol. The molecule has 0 aromatic carbocycles. The maximum atomic E-state index is 8.68. The zero-order valence-electron chi connectivity index (χ0n) is 12.8. The molecule has 0 aromatic heterocycles. The molecule has 106 valence electrons. The third-order valence-corrected chi connectivity index (χ3v) is 3.83. The summed E-state index contributed by atoms with van der Waals surface area (Å²) in [6, 6.07) is 0. The van der Waals surface area contributed by atoms with Gasteiger partial charge in [0.1, 0.15) is 0 Å².